The highest BCUT2D eigenvalue weighted by Crippen LogP contribution is 2.23. The molecule has 2 aromatic carbocycles. The Bertz CT molecular complexity index is 676. The molecule has 0 atom stereocenters. The first kappa shape index (κ1) is 15.6. The number of rotatable bonds is 5. The van der Waals surface area contributed by atoms with Gasteiger partial charge in [0.2, 0.25) is 5.60 Å². The standard InChI is InChI=1S/C17H16O5/c1-17(2,16(19)20)22-15(18)12-7-6-10-14(11-12)21-13-8-4-3-5-9-13/h3-11H,1-2H3,(H,19,20). The Hall–Kier alpha value is -2.82. The van der Waals surface area contributed by atoms with E-state index in [-0.39, 0.29) is 5.56 Å². The van der Waals surface area contributed by atoms with Crippen LogP contribution in [0.25, 0.3) is 0 Å². The van der Waals surface area contributed by atoms with Gasteiger partial charge in [-0.3, -0.25) is 0 Å². The zero-order chi connectivity index (χ0) is 16.2. The van der Waals surface area contributed by atoms with Crippen molar-refractivity contribution in [3.05, 3.63) is 60.2 Å². The van der Waals surface area contributed by atoms with Crippen LogP contribution < -0.4 is 4.74 Å². The Morgan fingerprint density at radius 2 is 1.59 bits per heavy atom. The van der Waals surface area contributed by atoms with E-state index in [1.54, 1.807) is 24.3 Å². The van der Waals surface area contributed by atoms with Crippen LogP contribution in [-0.2, 0) is 9.53 Å². The monoisotopic (exact) mass is 300 g/mol. The predicted octanol–water partition coefficient (Wildman–Crippen LogP) is 3.50. The number of hydrogen-bond acceptors (Lipinski definition) is 4. The van der Waals surface area contributed by atoms with Gasteiger partial charge >= 0.3 is 11.9 Å². The van der Waals surface area contributed by atoms with Crippen molar-refractivity contribution in [2.24, 2.45) is 0 Å². The first-order valence-corrected chi connectivity index (χ1v) is 6.68. The summed E-state index contributed by atoms with van der Waals surface area (Å²) in [6.45, 7) is 2.63. The first-order valence-electron chi connectivity index (χ1n) is 6.68. The van der Waals surface area contributed by atoms with Crippen molar-refractivity contribution >= 4 is 11.9 Å². The summed E-state index contributed by atoms with van der Waals surface area (Å²) in [7, 11) is 0. The molecular formula is C17H16O5. The summed E-state index contributed by atoms with van der Waals surface area (Å²) in [6.07, 6.45) is 0. The molecule has 114 valence electrons. The highest BCUT2D eigenvalue weighted by molar-refractivity contribution is 5.92. The molecule has 0 saturated carbocycles. The lowest BCUT2D eigenvalue weighted by Crippen LogP contribution is -2.37. The van der Waals surface area contributed by atoms with Gasteiger partial charge in [0.05, 0.1) is 5.56 Å². The molecule has 0 aliphatic heterocycles. The molecule has 1 N–H and O–H groups in total. The van der Waals surface area contributed by atoms with E-state index in [1.165, 1.54) is 26.0 Å². The number of carbonyl (C=O) groups excluding carboxylic acids is 1. The number of carboxylic acid groups (broad SMARTS) is 1. The summed E-state index contributed by atoms with van der Waals surface area (Å²) in [5.74, 6) is -0.823. The lowest BCUT2D eigenvalue weighted by Gasteiger charge is -2.20. The summed E-state index contributed by atoms with van der Waals surface area (Å²) in [5, 5.41) is 8.98. The number of para-hydroxylation sites is 1. The molecule has 5 heteroatoms. The predicted molar refractivity (Wildman–Crippen MR) is 80.1 cm³/mol. The Kier molecular flexibility index (Phi) is 4.46. The molecule has 0 radical (unpaired) electrons. The van der Waals surface area contributed by atoms with E-state index in [1.807, 2.05) is 18.2 Å². The van der Waals surface area contributed by atoms with Crippen molar-refractivity contribution < 1.29 is 24.2 Å². The smallest absolute Gasteiger partial charge is 0.347 e. The summed E-state index contributed by atoms with van der Waals surface area (Å²) >= 11 is 0. The molecule has 0 spiro atoms. The molecule has 0 aliphatic carbocycles. The number of aliphatic carboxylic acids is 1. The molecule has 0 aliphatic rings. The quantitative estimate of drug-likeness (QED) is 0.856. The van der Waals surface area contributed by atoms with Crippen LogP contribution in [0.1, 0.15) is 24.2 Å². The van der Waals surface area contributed by atoms with E-state index in [9.17, 15) is 9.59 Å². The summed E-state index contributed by atoms with van der Waals surface area (Å²) in [6, 6.07) is 15.5. The minimum absolute atomic E-state index is 0.225. The highest BCUT2D eigenvalue weighted by Gasteiger charge is 2.32. The fourth-order valence-electron chi connectivity index (χ4n) is 1.65. The summed E-state index contributed by atoms with van der Waals surface area (Å²) in [5.41, 5.74) is -1.37. The molecule has 0 amide bonds. The third-order valence-electron chi connectivity index (χ3n) is 2.91. The largest absolute Gasteiger partial charge is 0.478 e. The van der Waals surface area contributed by atoms with E-state index in [2.05, 4.69) is 0 Å². The topological polar surface area (TPSA) is 72.8 Å². The maximum atomic E-state index is 12.0. The number of carbonyl (C=O) groups is 2. The van der Waals surface area contributed by atoms with Gasteiger partial charge in [-0.1, -0.05) is 24.3 Å². The molecule has 0 bridgehead atoms. The minimum Gasteiger partial charge on any atom is -0.478 e. The lowest BCUT2D eigenvalue weighted by molar-refractivity contribution is -0.155. The normalized spacial score (nSPS) is 10.8. The van der Waals surface area contributed by atoms with E-state index in [0.717, 1.165) is 0 Å². The van der Waals surface area contributed by atoms with Gasteiger partial charge in [0.25, 0.3) is 0 Å². The van der Waals surface area contributed by atoms with Crippen molar-refractivity contribution in [1.82, 2.24) is 0 Å². The molecule has 0 saturated heterocycles. The van der Waals surface area contributed by atoms with Gasteiger partial charge in [-0.25, -0.2) is 9.59 Å². The van der Waals surface area contributed by atoms with Crippen LogP contribution in [0.4, 0.5) is 0 Å². The number of hydrogen-bond donors (Lipinski definition) is 1. The van der Waals surface area contributed by atoms with Gasteiger partial charge in [0, 0.05) is 0 Å². The fourth-order valence-corrected chi connectivity index (χ4v) is 1.65. The molecule has 22 heavy (non-hydrogen) atoms. The van der Waals surface area contributed by atoms with Gasteiger partial charge in [-0.2, -0.15) is 0 Å². The van der Waals surface area contributed by atoms with Crippen molar-refractivity contribution in [1.29, 1.82) is 0 Å². The molecule has 2 rings (SSSR count). The van der Waals surface area contributed by atoms with E-state index >= 15 is 0 Å². The van der Waals surface area contributed by atoms with E-state index < -0.39 is 17.5 Å². The van der Waals surface area contributed by atoms with Crippen LogP contribution in [0.2, 0.25) is 0 Å². The zero-order valence-electron chi connectivity index (χ0n) is 12.3. The Morgan fingerprint density at radius 3 is 2.23 bits per heavy atom. The molecular weight excluding hydrogens is 284 g/mol. The van der Waals surface area contributed by atoms with Crippen LogP contribution in [0, 0.1) is 0 Å². The number of carboxylic acids is 1. The van der Waals surface area contributed by atoms with E-state index in [0.29, 0.717) is 11.5 Å². The maximum absolute atomic E-state index is 12.0. The number of ether oxygens (including phenoxy) is 2. The van der Waals surface area contributed by atoms with Gasteiger partial charge < -0.3 is 14.6 Å². The minimum atomic E-state index is -1.59. The molecule has 2 aromatic rings. The van der Waals surface area contributed by atoms with Crippen LogP contribution in [0.3, 0.4) is 0 Å². The van der Waals surface area contributed by atoms with E-state index in [4.69, 9.17) is 14.6 Å². The highest BCUT2D eigenvalue weighted by atomic mass is 16.6. The Morgan fingerprint density at radius 1 is 0.955 bits per heavy atom. The molecule has 5 nitrogen and oxygen atoms in total. The van der Waals surface area contributed by atoms with Gasteiger partial charge in [-0.05, 0) is 44.2 Å². The van der Waals surface area contributed by atoms with Gasteiger partial charge in [0.15, 0.2) is 0 Å². The fraction of sp³-hybridized carbons (Fsp3) is 0.176. The van der Waals surface area contributed by atoms with Gasteiger partial charge in [0.1, 0.15) is 11.5 Å². The number of benzene rings is 2. The SMILES string of the molecule is CC(C)(OC(=O)c1cccc(Oc2ccccc2)c1)C(=O)O. The van der Waals surface area contributed by atoms with Crippen molar-refractivity contribution in [3.8, 4) is 11.5 Å². The molecule has 0 unspecified atom stereocenters. The van der Waals surface area contributed by atoms with Crippen molar-refractivity contribution in [2.75, 3.05) is 0 Å². The third-order valence-corrected chi connectivity index (χ3v) is 2.91. The Labute approximate surface area is 128 Å². The van der Waals surface area contributed by atoms with Crippen molar-refractivity contribution in [2.45, 2.75) is 19.4 Å². The second-order valence-electron chi connectivity index (χ2n) is 5.15. The van der Waals surface area contributed by atoms with Crippen LogP contribution in [0.5, 0.6) is 11.5 Å². The average Bonchev–Trinajstić information content (AvgIpc) is 2.48. The third kappa shape index (κ3) is 3.85. The maximum Gasteiger partial charge on any atom is 0.347 e. The van der Waals surface area contributed by atoms with Crippen LogP contribution >= 0.6 is 0 Å². The summed E-state index contributed by atoms with van der Waals surface area (Å²) < 4.78 is 10.6. The number of esters is 1. The zero-order valence-corrected chi connectivity index (χ0v) is 12.3. The summed E-state index contributed by atoms with van der Waals surface area (Å²) in [4.78, 5) is 23.0. The second-order valence-corrected chi connectivity index (χ2v) is 5.15. The second kappa shape index (κ2) is 6.30. The van der Waals surface area contributed by atoms with Crippen LogP contribution in [-0.4, -0.2) is 22.6 Å². The van der Waals surface area contributed by atoms with Crippen molar-refractivity contribution in [3.63, 3.8) is 0 Å². The lowest BCUT2D eigenvalue weighted by atomic mass is 10.1. The molecule has 0 aromatic heterocycles. The molecule has 0 fully saturated rings. The Balaban J connectivity index is 2.14. The average molecular weight is 300 g/mol. The van der Waals surface area contributed by atoms with Gasteiger partial charge in [-0.15, -0.1) is 0 Å². The molecule has 0 heterocycles. The first-order chi connectivity index (χ1) is 10.4. The van der Waals surface area contributed by atoms with Crippen LogP contribution in [0.15, 0.2) is 54.6 Å².